The van der Waals surface area contributed by atoms with Crippen LogP contribution in [0.3, 0.4) is 0 Å². The second-order valence-electron chi connectivity index (χ2n) is 7.79. The van der Waals surface area contributed by atoms with Gasteiger partial charge in [-0.3, -0.25) is 9.48 Å². The van der Waals surface area contributed by atoms with E-state index in [-0.39, 0.29) is 11.7 Å². The quantitative estimate of drug-likeness (QED) is 0.462. The predicted molar refractivity (Wildman–Crippen MR) is 128 cm³/mol. The van der Waals surface area contributed by atoms with Crippen LogP contribution < -0.4 is 10.2 Å². The van der Waals surface area contributed by atoms with E-state index >= 15 is 0 Å². The molecule has 1 aliphatic rings. The minimum absolute atomic E-state index is 0.133. The highest BCUT2D eigenvalue weighted by Crippen LogP contribution is 2.23. The first-order valence-electron chi connectivity index (χ1n) is 10.9. The van der Waals surface area contributed by atoms with Crippen LogP contribution in [0.25, 0.3) is 0 Å². The zero-order valence-corrected chi connectivity index (χ0v) is 18.5. The zero-order valence-electron chi connectivity index (χ0n) is 18.5. The van der Waals surface area contributed by atoms with Crippen molar-refractivity contribution in [2.75, 3.05) is 18.0 Å². The summed E-state index contributed by atoms with van der Waals surface area (Å²) in [5.41, 5.74) is 4.07. The van der Waals surface area contributed by atoms with Crippen molar-refractivity contribution in [1.29, 1.82) is 0 Å². The number of aromatic nitrogens is 2. The molecule has 2 heterocycles. The molecule has 0 bridgehead atoms. The summed E-state index contributed by atoms with van der Waals surface area (Å²) in [5, 5.41) is 7.15. The summed E-state index contributed by atoms with van der Waals surface area (Å²) in [6.07, 6.45) is 13.5. The molecule has 0 radical (unpaired) electrons. The van der Waals surface area contributed by atoms with Crippen molar-refractivity contribution in [2.24, 2.45) is 7.05 Å². The monoisotopic (exact) mass is 440 g/mol. The fourth-order valence-corrected chi connectivity index (χ4v) is 3.54. The van der Waals surface area contributed by atoms with Crippen molar-refractivity contribution in [2.45, 2.75) is 12.8 Å². The van der Waals surface area contributed by atoms with E-state index < -0.39 is 0 Å². The molecule has 6 heteroatoms. The van der Waals surface area contributed by atoms with Gasteiger partial charge in [-0.05, 0) is 66.9 Å². The average Bonchev–Trinajstić information content (AvgIpc) is 3.26. The first kappa shape index (κ1) is 22.1. The van der Waals surface area contributed by atoms with Crippen LogP contribution in [0.2, 0.25) is 0 Å². The smallest absolute Gasteiger partial charge is 0.251 e. The van der Waals surface area contributed by atoms with Crippen molar-refractivity contribution < 1.29 is 9.18 Å². The van der Waals surface area contributed by atoms with Crippen LogP contribution in [-0.4, -0.2) is 28.8 Å². The van der Waals surface area contributed by atoms with Gasteiger partial charge < -0.3 is 10.2 Å². The molecule has 1 amide bonds. The number of anilines is 1. The molecule has 5 nitrogen and oxygen atoms in total. The van der Waals surface area contributed by atoms with Crippen molar-refractivity contribution >= 4 is 11.6 Å². The molecule has 1 N–H and O–H groups in total. The molecule has 4 rings (SSSR count). The van der Waals surface area contributed by atoms with Gasteiger partial charge in [0.25, 0.3) is 5.91 Å². The van der Waals surface area contributed by atoms with E-state index in [0.717, 1.165) is 36.2 Å². The number of aryl methyl sites for hydroxylation is 2. The van der Waals surface area contributed by atoms with Crippen LogP contribution in [0, 0.1) is 17.7 Å². The molecular formula is C27H25FN4O. The summed E-state index contributed by atoms with van der Waals surface area (Å²) < 4.78 is 15.0. The Kier molecular flexibility index (Phi) is 7.01. The van der Waals surface area contributed by atoms with Crippen LogP contribution in [0.15, 0.2) is 79.3 Å². The van der Waals surface area contributed by atoms with Crippen LogP contribution >= 0.6 is 0 Å². The Bertz CT molecular complexity index is 1250. The fourth-order valence-electron chi connectivity index (χ4n) is 3.54. The van der Waals surface area contributed by atoms with Gasteiger partial charge in [0.1, 0.15) is 5.82 Å². The third kappa shape index (κ3) is 5.98. The highest BCUT2D eigenvalue weighted by Gasteiger charge is 2.13. The Morgan fingerprint density at radius 1 is 1.15 bits per heavy atom. The van der Waals surface area contributed by atoms with Crippen molar-refractivity contribution in [3.63, 3.8) is 0 Å². The molecule has 1 aromatic heterocycles. The Morgan fingerprint density at radius 2 is 2.00 bits per heavy atom. The summed E-state index contributed by atoms with van der Waals surface area (Å²) in [4.78, 5) is 14.8. The molecule has 1 aliphatic heterocycles. The lowest BCUT2D eigenvalue weighted by atomic mass is 10.1. The van der Waals surface area contributed by atoms with Gasteiger partial charge >= 0.3 is 0 Å². The summed E-state index contributed by atoms with van der Waals surface area (Å²) in [6, 6.07) is 11.6. The number of nitrogens with zero attached hydrogens (tertiary/aromatic N) is 3. The van der Waals surface area contributed by atoms with Crippen molar-refractivity contribution in [3.05, 3.63) is 107 Å². The van der Waals surface area contributed by atoms with E-state index in [4.69, 9.17) is 0 Å². The number of rotatable bonds is 6. The van der Waals surface area contributed by atoms with Gasteiger partial charge in [-0.25, -0.2) is 4.39 Å². The Balaban J connectivity index is 1.49. The Labute approximate surface area is 193 Å². The van der Waals surface area contributed by atoms with Gasteiger partial charge in [-0.15, -0.1) is 0 Å². The Hall–Kier alpha value is -4.11. The minimum atomic E-state index is -0.298. The number of amides is 1. The lowest BCUT2D eigenvalue weighted by Gasteiger charge is -2.22. The standard InChI is InChI=1S/C27H25FN4O/c1-31-20-22(19-30-31)6-5-15-29-27(33)24-11-14-26(32-16-3-2-4-17-32)23(18-24)10-7-21-8-12-25(28)13-9-21/h2-4,8-9,11-14,16,18-20H,5-6,15,17H2,1H3,(H,29,33). The molecule has 0 spiro atoms. The summed E-state index contributed by atoms with van der Waals surface area (Å²) in [6.45, 7) is 1.30. The lowest BCUT2D eigenvalue weighted by molar-refractivity contribution is 0.0953. The number of nitrogens with one attached hydrogen (secondary N) is 1. The molecular weight excluding hydrogens is 415 g/mol. The van der Waals surface area contributed by atoms with E-state index in [1.54, 1.807) is 16.8 Å². The highest BCUT2D eigenvalue weighted by atomic mass is 19.1. The normalized spacial score (nSPS) is 12.4. The summed E-state index contributed by atoms with van der Waals surface area (Å²) in [7, 11) is 1.89. The maximum atomic E-state index is 13.2. The average molecular weight is 441 g/mol. The molecule has 2 aromatic carbocycles. The maximum absolute atomic E-state index is 13.2. The van der Waals surface area contributed by atoms with Gasteiger partial charge in [-0.2, -0.15) is 5.10 Å². The van der Waals surface area contributed by atoms with Gasteiger partial charge in [0.2, 0.25) is 0 Å². The number of halogens is 1. The third-order valence-corrected chi connectivity index (χ3v) is 5.26. The van der Waals surface area contributed by atoms with E-state index in [9.17, 15) is 9.18 Å². The maximum Gasteiger partial charge on any atom is 0.251 e. The number of carbonyl (C=O) groups is 1. The van der Waals surface area contributed by atoms with Crippen LogP contribution in [-0.2, 0) is 13.5 Å². The second kappa shape index (κ2) is 10.5. The number of hydrogen-bond acceptors (Lipinski definition) is 3. The third-order valence-electron chi connectivity index (χ3n) is 5.26. The molecule has 0 fully saturated rings. The molecule has 33 heavy (non-hydrogen) atoms. The zero-order chi connectivity index (χ0) is 23.0. The molecule has 0 atom stereocenters. The molecule has 0 saturated carbocycles. The van der Waals surface area contributed by atoms with Gasteiger partial charge in [0, 0.05) is 49.2 Å². The molecule has 0 aliphatic carbocycles. The van der Waals surface area contributed by atoms with E-state index in [0.29, 0.717) is 17.7 Å². The van der Waals surface area contributed by atoms with Crippen molar-refractivity contribution in [1.82, 2.24) is 15.1 Å². The largest absolute Gasteiger partial charge is 0.352 e. The van der Waals surface area contributed by atoms with Gasteiger partial charge in [-0.1, -0.05) is 24.0 Å². The van der Waals surface area contributed by atoms with Gasteiger partial charge in [0.05, 0.1) is 11.9 Å². The van der Waals surface area contributed by atoms with E-state index in [2.05, 4.69) is 33.2 Å². The molecule has 166 valence electrons. The predicted octanol–water partition coefficient (Wildman–Crippen LogP) is 4.21. The Morgan fingerprint density at radius 3 is 2.73 bits per heavy atom. The number of benzene rings is 2. The number of allylic oxidation sites excluding steroid dienone is 2. The molecule has 0 unspecified atom stereocenters. The second-order valence-corrected chi connectivity index (χ2v) is 7.79. The number of carbonyl (C=O) groups excluding carboxylic acids is 1. The van der Waals surface area contributed by atoms with E-state index in [1.807, 2.05) is 56.0 Å². The van der Waals surface area contributed by atoms with Crippen LogP contribution in [0.1, 0.15) is 33.5 Å². The highest BCUT2D eigenvalue weighted by molar-refractivity contribution is 5.95. The summed E-state index contributed by atoms with van der Waals surface area (Å²) in [5.74, 6) is 5.82. The lowest BCUT2D eigenvalue weighted by Crippen LogP contribution is -2.25. The minimum Gasteiger partial charge on any atom is -0.352 e. The van der Waals surface area contributed by atoms with Crippen LogP contribution in [0.5, 0.6) is 0 Å². The first-order chi connectivity index (χ1) is 16.1. The number of hydrogen-bond donors (Lipinski definition) is 1. The molecule has 3 aromatic rings. The first-order valence-corrected chi connectivity index (χ1v) is 10.9. The topological polar surface area (TPSA) is 50.2 Å². The molecule has 0 saturated heterocycles. The SMILES string of the molecule is Cn1cc(CCCNC(=O)c2ccc(N3C=CC=CC3)c(C#Cc3ccc(F)cc3)c2)cn1. The fraction of sp³-hybridized carbons (Fsp3) is 0.185. The van der Waals surface area contributed by atoms with Crippen LogP contribution in [0.4, 0.5) is 10.1 Å². The summed E-state index contributed by atoms with van der Waals surface area (Å²) >= 11 is 0. The van der Waals surface area contributed by atoms with E-state index in [1.165, 1.54) is 12.1 Å². The van der Waals surface area contributed by atoms with Gasteiger partial charge in [0.15, 0.2) is 0 Å². The van der Waals surface area contributed by atoms with Crippen molar-refractivity contribution in [3.8, 4) is 11.8 Å².